The second kappa shape index (κ2) is 4.42. The normalized spacial score (nSPS) is 46.3. The molecule has 0 aliphatic heterocycles. The molecular weight excluding hydrogens is 268 g/mol. The van der Waals surface area contributed by atoms with Gasteiger partial charge in [-0.2, -0.15) is 0 Å². The molecule has 4 heteroatoms. The molecule has 0 radical (unpaired) electrons. The molecule has 0 amide bonds. The van der Waals surface area contributed by atoms with Crippen molar-refractivity contribution in [2.24, 2.45) is 16.7 Å². The van der Waals surface area contributed by atoms with Crippen LogP contribution in [0.3, 0.4) is 0 Å². The van der Waals surface area contributed by atoms with Crippen LogP contribution in [0.15, 0.2) is 11.6 Å². The molecule has 4 atom stereocenters. The fourth-order valence-electron chi connectivity index (χ4n) is 5.34. The van der Waals surface area contributed by atoms with Crippen molar-refractivity contribution in [3.05, 3.63) is 11.6 Å². The number of aliphatic carboxylic acids is 1. The van der Waals surface area contributed by atoms with Crippen LogP contribution in [-0.2, 0) is 9.59 Å². The van der Waals surface area contributed by atoms with Crippen molar-refractivity contribution in [2.75, 3.05) is 0 Å². The summed E-state index contributed by atoms with van der Waals surface area (Å²) in [4.78, 5) is 23.5. The van der Waals surface area contributed by atoms with E-state index in [2.05, 4.69) is 0 Å². The first-order valence-corrected chi connectivity index (χ1v) is 7.94. The number of fused-ring (bicyclic) bond motifs is 3. The van der Waals surface area contributed by atoms with Gasteiger partial charge in [0.1, 0.15) is 0 Å². The third-order valence-electron chi connectivity index (χ3n) is 6.67. The molecule has 0 heterocycles. The van der Waals surface area contributed by atoms with Crippen molar-refractivity contribution in [1.82, 2.24) is 0 Å². The highest BCUT2D eigenvalue weighted by Crippen LogP contribution is 2.64. The molecule has 0 aromatic heterocycles. The smallest absolute Gasteiger partial charge is 0.309 e. The molecule has 116 valence electrons. The number of rotatable bonds is 1. The molecule has 0 saturated heterocycles. The first-order valence-electron chi connectivity index (χ1n) is 7.94. The Kier molecular flexibility index (Phi) is 3.11. The lowest BCUT2D eigenvalue weighted by molar-refractivity contribution is -0.186. The Labute approximate surface area is 125 Å². The summed E-state index contributed by atoms with van der Waals surface area (Å²) in [5.74, 6) is -0.693. The van der Waals surface area contributed by atoms with E-state index in [1.807, 2.05) is 13.8 Å². The Hall–Kier alpha value is -1.16. The predicted octanol–water partition coefficient (Wildman–Crippen LogP) is 2.70. The maximum atomic E-state index is 11.8. The van der Waals surface area contributed by atoms with Gasteiger partial charge in [0.2, 0.25) is 0 Å². The molecule has 0 spiro atoms. The molecule has 3 aliphatic rings. The number of carboxylic acid groups (broad SMARTS) is 1. The number of aliphatic hydroxyl groups is 1. The van der Waals surface area contributed by atoms with Crippen LogP contribution in [0, 0.1) is 16.7 Å². The fourth-order valence-corrected chi connectivity index (χ4v) is 5.34. The van der Waals surface area contributed by atoms with E-state index < -0.39 is 22.4 Å². The van der Waals surface area contributed by atoms with Crippen LogP contribution in [0.25, 0.3) is 0 Å². The van der Waals surface area contributed by atoms with Gasteiger partial charge in [0, 0.05) is 11.8 Å². The number of allylic oxidation sites excluding steroid dienone is 1. The highest BCUT2D eigenvalue weighted by Gasteiger charge is 2.64. The summed E-state index contributed by atoms with van der Waals surface area (Å²) in [6, 6.07) is 0. The van der Waals surface area contributed by atoms with E-state index >= 15 is 0 Å². The van der Waals surface area contributed by atoms with Crippen LogP contribution in [0.2, 0.25) is 0 Å². The zero-order valence-electron chi connectivity index (χ0n) is 12.8. The number of hydrogen-bond acceptors (Lipinski definition) is 3. The standard InChI is InChI=1S/C17H24O4/c1-15(14(19)20)7-3-8-16(2)13(15)5-4-11-10-12(18)6-9-17(11,16)21/h10,13,21H,3-9H2,1-2H3,(H,19,20). The summed E-state index contributed by atoms with van der Waals surface area (Å²) >= 11 is 0. The van der Waals surface area contributed by atoms with Crippen molar-refractivity contribution in [1.29, 1.82) is 0 Å². The summed E-state index contributed by atoms with van der Waals surface area (Å²) < 4.78 is 0. The molecular formula is C17H24O4. The molecule has 0 bridgehead atoms. The lowest BCUT2D eigenvalue weighted by atomic mass is 9.44. The van der Waals surface area contributed by atoms with Crippen LogP contribution in [0.4, 0.5) is 0 Å². The molecule has 2 saturated carbocycles. The molecule has 3 aliphatic carbocycles. The fraction of sp³-hybridized carbons (Fsp3) is 0.765. The third kappa shape index (κ3) is 1.78. The van der Waals surface area contributed by atoms with Gasteiger partial charge in [0.25, 0.3) is 0 Å². The van der Waals surface area contributed by atoms with Gasteiger partial charge in [-0.25, -0.2) is 0 Å². The van der Waals surface area contributed by atoms with E-state index in [1.165, 1.54) is 0 Å². The van der Waals surface area contributed by atoms with Gasteiger partial charge in [-0.1, -0.05) is 13.3 Å². The predicted molar refractivity (Wildman–Crippen MR) is 77.7 cm³/mol. The van der Waals surface area contributed by atoms with Crippen molar-refractivity contribution >= 4 is 11.8 Å². The van der Waals surface area contributed by atoms with Gasteiger partial charge in [-0.05, 0) is 56.6 Å². The van der Waals surface area contributed by atoms with Crippen molar-refractivity contribution in [3.63, 3.8) is 0 Å². The van der Waals surface area contributed by atoms with E-state index in [-0.39, 0.29) is 11.7 Å². The first kappa shape index (κ1) is 14.8. The van der Waals surface area contributed by atoms with Crippen molar-refractivity contribution in [3.8, 4) is 0 Å². The minimum atomic E-state index is -0.999. The monoisotopic (exact) mass is 292 g/mol. The lowest BCUT2D eigenvalue weighted by Gasteiger charge is -2.61. The zero-order chi connectivity index (χ0) is 15.5. The minimum Gasteiger partial charge on any atom is -0.481 e. The first-order chi connectivity index (χ1) is 9.74. The number of carbonyl (C=O) groups is 2. The largest absolute Gasteiger partial charge is 0.481 e. The molecule has 4 unspecified atom stereocenters. The number of carbonyl (C=O) groups excluding carboxylic acids is 1. The van der Waals surface area contributed by atoms with Crippen LogP contribution in [0.1, 0.15) is 58.8 Å². The zero-order valence-corrected chi connectivity index (χ0v) is 12.8. The van der Waals surface area contributed by atoms with E-state index in [0.717, 1.165) is 24.8 Å². The summed E-state index contributed by atoms with van der Waals surface area (Å²) in [5, 5.41) is 21.1. The van der Waals surface area contributed by atoms with Crippen LogP contribution < -0.4 is 0 Å². The summed E-state index contributed by atoms with van der Waals surface area (Å²) in [6.45, 7) is 3.88. The van der Waals surface area contributed by atoms with Gasteiger partial charge >= 0.3 is 5.97 Å². The second-order valence-electron chi connectivity index (χ2n) is 7.58. The van der Waals surface area contributed by atoms with Crippen LogP contribution in [0.5, 0.6) is 0 Å². The quantitative estimate of drug-likeness (QED) is 0.779. The summed E-state index contributed by atoms with van der Waals surface area (Å²) in [5.41, 5.74) is -1.37. The summed E-state index contributed by atoms with van der Waals surface area (Å²) in [6.07, 6.45) is 6.16. The number of carboxylic acids is 1. The van der Waals surface area contributed by atoms with Gasteiger partial charge in [-0.3, -0.25) is 9.59 Å². The van der Waals surface area contributed by atoms with Crippen LogP contribution in [-0.4, -0.2) is 27.6 Å². The van der Waals surface area contributed by atoms with E-state index in [1.54, 1.807) is 6.08 Å². The van der Waals surface area contributed by atoms with Gasteiger partial charge < -0.3 is 10.2 Å². The molecule has 4 nitrogen and oxygen atoms in total. The molecule has 21 heavy (non-hydrogen) atoms. The van der Waals surface area contributed by atoms with E-state index in [0.29, 0.717) is 25.7 Å². The van der Waals surface area contributed by atoms with Crippen molar-refractivity contribution in [2.45, 2.75) is 64.4 Å². The Morgan fingerprint density at radius 1 is 1.24 bits per heavy atom. The van der Waals surface area contributed by atoms with E-state index in [9.17, 15) is 19.8 Å². The topological polar surface area (TPSA) is 74.6 Å². The maximum absolute atomic E-state index is 11.8. The molecule has 2 N–H and O–H groups in total. The number of ketones is 1. The molecule has 0 aromatic carbocycles. The maximum Gasteiger partial charge on any atom is 0.309 e. The highest BCUT2D eigenvalue weighted by atomic mass is 16.4. The third-order valence-corrected chi connectivity index (χ3v) is 6.67. The Morgan fingerprint density at radius 2 is 1.95 bits per heavy atom. The lowest BCUT2D eigenvalue weighted by Crippen LogP contribution is -2.62. The van der Waals surface area contributed by atoms with E-state index in [4.69, 9.17) is 0 Å². The average molecular weight is 292 g/mol. The average Bonchev–Trinajstić information content (AvgIpc) is 2.41. The van der Waals surface area contributed by atoms with Gasteiger partial charge in [-0.15, -0.1) is 0 Å². The second-order valence-corrected chi connectivity index (χ2v) is 7.58. The summed E-state index contributed by atoms with van der Waals surface area (Å²) in [7, 11) is 0. The highest BCUT2D eigenvalue weighted by molar-refractivity contribution is 5.92. The Balaban J connectivity index is 2.09. The Morgan fingerprint density at radius 3 is 2.62 bits per heavy atom. The molecule has 0 aromatic rings. The van der Waals surface area contributed by atoms with Gasteiger partial charge in [0.15, 0.2) is 5.78 Å². The molecule has 2 fully saturated rings. The van der Waals surface area contributed by atoms with Crippen molar-refractivity contribution < 1.29 is 19.8 Å². The number of hydrogen-bond donors (Lipinski definition) is 2. The van der Waals surface area contributed by atoms with Gasteiger partial charge in [0.05, 0.1) is 11.0 Å². The van der Waals surface area contributed by atoms with Crippen LogP contribution >= 0.6 is 0 Å². The SMILES string of the molecule is CC1(C(=O)O)CCCC2(C)C1CCC1=CC(=O)CCC12O. The molecule has 3 rings (SSSR count). The Bertz CT molecular complexity index is 537. The minimum absolute atomic E-state index is 0.0356.